The Morgan fingerprint density at radius 3 is 1.74 bits per heavy atom. The number of nitrogens with two attached hydrogens (primary N) is 2. The molecule has 0 aliphatic carbocycles. The van der Waals surface area contributed by atoms with Crippen LogP contribution in [0.1, 0.15) is 22.3 Å². The molecule has 0 heterocycles. The van der Waals surface area contributed by atoms with E-state index in [0.717, 1.165) is 40.8 Å². The summed E-state index contributed by atoms with van der Waals surface area (Å²) < 4.78 is 2.26. The number of nitrogens with zero attached hydrogens (tertiary/aromatic N) is 2. The SMILES string of the molecule is Cc1ccccc1N.Cc1ccccc1N=C(N)c1cccc(I)c1.N#Cc1cccc(I)c1.[CH3][Al]([CH3])[CH3]. The summed E-state index contributed by atoms with van der Waals surface area (Å²) in [6, 6.07) is 33.3. The van der Waals surface area contributed by atoms with Crippen molar-refractivity contribution in [2.45, 2.75) is 31.2 Å². The summed E-state index contributed by atoms with van der Waals surface area (Å²) >= 11 is 4.30. The molecule has 0 spiro atoms. The van der Waals surface area contributed by atoms with Gasteiger partial charge in [-0.25, -0.2) is 4.99 Å². The third-order valence-electron chi connectivity index (χ3n) is 4.62. The monoisotopic (exact) mass is 744 g/mol. The number of benzene rings is 4. The van der Waals surface area contributed by atoms with Gasteiger partial charge in [-0.3, -0.25) is 0 Å². The zero-order chi connectivity index (χ0) is 28.5. The number of rotatable bonds is 2. The van der Waals surface area contributed by atoms with Gasteiger partial charge in [0, 0.05) is 18.4 Å². The predicted octanol–water partition coefficient (Wildman–Crippen LogP) is 8.75. The van der Waals surface area contributed by atoms with E-state index in [9.17, 15) is 0 Å². The molecule has 0 unspecified atom stereocenters. The van der Waals surface area contributed by atoms with E-state index in [4.69, 9.17) is 16.7 Å². The molecule has 0 amide bonds. The smallest absolute Gasteiger partial charge is 0.251 e. The zero-order valence-electron chi connectivity index (χ0n) is 22.6. The van der Waals surface area contributed by atoms with Crippen LogP contribution in [0.2, 0.25) is 17.4 Å². The number of anilines is 1. The number of halogens is 2. The van der Waals surface area contributed by atoms with Gasteiger partial charge in [-0.1, -0.05) is 54.6 Å². The fourth-order valence-corrected chi connectivity index (χ4v) is 3.76. The van der Waals surface area contributed by atoms with Crippen molar-refractivity contribution in [1.29, 1.82) is 5.26 Å². The number of aliphatic imine (C=N–C) groups is 1. The molecule has 4 aromatic rings. The number of amidine groups is 1. The van der Waals surface area contributed by atoms with Crippen molar-refractivity contribution in [3.05, 3.63) is 126 Å². The van der Waals surface area contributed by atoms with Crippen molar-refractivity contribution in [1.82, 2.24) is 0 Å². The third-order valence-corrected chi connectivity index (χ3v) is 5.96. The Bertz CT molecular complexity index is 1320. The van der Waals surface area contributed by atoms with Gasteiger partial charge in [0.15, 0.2) is 0 Å². The first kappa shape index (κ1) is 33.7. The van der Waals surface area contributed by atoms with Gasteiger partial charge in [0.1, 0.15) is 5.84 Å². The van der Waals surface area contributed by atoms with E-state index in [2.05, 4.69) is 73.6 Å². The fourth-order valence-electron chi connectivity index (χ4n) is 2.68. The Kier molecular flexibility index (Phi) is 16.7. The average molecular weight is 744 g/mol. The number of para-hydroxylation sites is 2. The molecular weight excluding hydrogens is 709 g/mol. The van der Waals surface area contributed by atoms with Crippen molar-refractivity contribution in [2.24, 2.45) is 10.7 Å². The summed E-state index contributed by atoms with van der Waals surface area (Å²) in [7, 11) is 0. The predicted molar refractivity (Wildman–Crippen MR) is 184 cm³/mol. The van der Waals surface area contributed by atoms with E-state index >= 15 is 0 Å². The minimum Gasteiger partial charge on any atom is -0.399 e. The summed E-state index contributed by atoms with van der Waals surface area (Å²) in [5.74, 6) is 7.47. The van der Waals surface area contributed by atoms with Crippen molar-refractivity contribution < 1.29 is 0 Å². The highest BCUT2D eigenvalue weighted by Crippen LogP contribution is 2.18. The van der Waals surface area contributed by atoms with E-state index in [1.807, 2.05) is 105 Å². The van der Waals surface area contributed by atoms with Gasteiger partial charge < -0.3 is 11.5 Å². The second-order valence-corrected chi connectivity index (χ2v) is 15.0. The highest BCUT2D eigenvalue weighted by atomic mass is 127. The van der Waals surface area contributed by atoms with Crippen LogP contribution in [0.3, 0.4) is 0 Å². The molecule has 0 saturated heterocycles. The zero-order valence-corrected chi connectivity index (χ0v) is 28.1. The van der Waals surface area contributed by atoms with Crippen LogP contribution in [-0.4, -0.2) is 20.0 Å². The Hall–Kier alpha value is -2.37. The topological polar surface area (TPSA) is 88.2 Å². The first-order valence-electron chi connectivity index (χ1n) is 12.2. The molecule has 4 N–H and O–H groups in total. The maximum atomic E-state index is 8.41. The summed E-state index contributed by atoms with van der Waals surface area (Å²) in [6.07, 6.45) is 0. The van der Waals surface area contributed by atoms with Crippen LogP contribution < -0.4 is 11.5 Å². The molecule has 0 saturated carbocycles. The molecule has 0 aliphatic rings. The number of hydrogen-bond donors (Lipinski definition) is 2. The summed E-state index contributed by atoms with van der Waals surface area (Å²) in [6.45, 7) is 4.02. The van der Waals surface area contributed by atoms with Crippen LogP contribution in [0.4, 0.5) is 11.4 Å². The molecule has 38 heavy (non-hydrogen) atoms. The minimum absolute atomic E-state index is 0.139. The van der Waals surface area contributed by atoms with Crippen LogP contribution in [0.5, 0.6) is 0 Å². The first-order chi connectivity index (χ1) is 18.0. The van der Waals surface area contributed by atoms with Gasteiger partial charge in [-0.15, -0.1) is 17.4 Å². The highest BCUT2D eigenvalue weighted by molar-refractivity contribution is 14.1. The quantitative estimate of drug-likeness (QED) is 0.0708. The number of aryl methyl sites for hydroxylation is 2. The molecule has 4 aromatic carbocycles. The van der Waals surface area contributed by atoms with Gasteiger partial charge in [-0.2, -0.15) is 5.26 Å². The second kappa shape index (κ2) is 18.8. The second-order valence-electron chi connectivity index (χ2n) is 9.00. The molecule has 0 aliphatic heterocycles. The van der Waals surface area contributed by atoms with Crippen molar-refractivity contribution >= 4 is 76.5 Å². The lowest BCUT2D eigenvalue weighted by Gasteiger charge is -2.03. The molecular formula is C31H35AlI2N4. The molecule has 7 heteroatoms. The van der Waals surface area contributed by atoms with E-state index < -0.39 is 0 Å². The Morgan fingerprint density at radius 1 is 0.763 bits per heavy atom. The Labute approximate surface area is 259 Å². The lowest BCUT2D eigenvalue weighted by Crippen LogP contribution is -2.12. The minimum atomic E-state index is -0.139. The van der Waals surface area contributed by atoms with Gasteiger partial charge in [0.05, 0.1) is 17.3 Å². The van der Waals surface area contributed by atoms with Gasteiger partial charge >= 0.3 is 0 Å². The van der Waals surface area contributed by atoms with Crippen LogP contribution >= 0.6 is 45.2 Å². The molecule has 0 aromatic heterocycles. The maximum absolute atomic E-state index is 8.41. The summed E-state index contributed by atoms with van der Waals surface area (Å²) in [5, 5.41) is 8.41. The molecule has 0 radical (unpaired) electrons. The molecule has 0 atom stereocenters. The van der Waals surface area contributed by atoms with Crippen LogP contribution in [0, 0.1) is 32.3 Å². The third kappa shape index (κ3) is 14.5. The van der Waals surface area contributed by atoms with Crippen molar-refractivity contribution in [3.63, 3.8) is 0 Å². The Balaban J connectivity index is 0.000000289. The average Bonchev–Trinajstić information content (AvgIpc) is 2.87. The van der Waals surface area contributed by atoms with Crippen LogP contribution in [0.15, 0.2) is 102 Å². The fraction of sp³-hybridized carbons (Fsp3) is 0.161. The number of nitriles is 1. The standard InChI is InChI=1S/C14H13IN2.C7H4IN.C7H9N.3CH3.Al/c1-10-5-2-3-8-13(10)17-14(16)11-6-4-7-12(15)9-11;8-7-3-1-2-6(4-7)5-9;1-6-4-2-3-5-7(6)8;;;;/h2-9H,1H3,(H2,16,17);1-4H;2-5H,8H2,1H3;3*1H3;. The molecule has 0 fully saturated rings. The number of nitrogen functional groups attached to an aromatic ring is 1. The van der Waals surface area contributed by atoms with Gasteiger partial charge in [0.2, 0.25) is 0 Å². The molecule has 196 valence electrons. The van der Waals surface area contributed by atoms with Crippen LogP contribution in [-0.2, 0) is 0 Å². The van der Waals surface area contributed by atoms with Crippen molar-refractivity contribution in [2.75, 3.05) is 5.73 Å². The lowest BCUT2D eigenvalue weighted by molar-refractivity contribution is 1.37. The molecule has 4 nitrogen and oxygen atoms in total. The van der Waals surface area contributed by atoms with Gasteiger partial charge in [-0.05, 0) is 113 Å². The lowest BCUT2D eigenvalue weighted by atomic mass is 10.2. The largest absolute Gasteiger partial charge is 0.399 e. The normalized spacial score (nSPS) is 9.79. The van der Waals surface area contributed by atoms with Gasteiger partial charge in [0.25, 0.3) is 14.1 Å². The summed E-state index contributed by atoms with van der Waals surface area (Å²) in [4.78, 5) is 4.46. The van der Waals surface area contributed by atoms with E-state index in [0.29, 0.717) is 5.84 Å². The first-order valence-corrected chi connectivity index (χ1v) is 17.8. The number of hydrogen-bond acceptors (Lipinski definition) is 3. The van der Waals surface area contributed by atoms with E-state index in [1.165, 1.54) is 0 Å². The Morgan fingerprint density at radius 2 is 1.29 bits per heavy atom. The summed E-state index contributed by atoms with van der Waals surface area (Å²) in [5.41, 5.74) is 17.3. The van der Waals surface area contributed by atoms with Crippen molar-refractivity contribution in [3.8, 4) is 6.07 Å². The maximum Gasteiger partial charge on any atom is 0.251 e. The highest BCUT2D eigenvalue weighted by Gasteiger charge is 2.01. The molecule has 4 rings (SSSR count). The van der Waals surface area contributed by atoms with E-state index in [1.54, 1.807) is 6.07 Å². The molecule has 0 bridgehead atoms. The van der Waals surface area contributed by atoms with E-state index in [-0.39, 0.29) is 14.1 Å². The van der Waals surface area contributed by atoms with Crippen LogP contribution in [0.25, 0.3) is 0 Å².